The number of nitrogens with zero attached hydrogens (tertiary/aromatic N) is 1. The molecule has 1 heterocycles. The lowest BCUT2D eigenvalue weighted by atomic mass is 9.97. The molecule has 2 aromatic rings. The van der Waals surface area contributed by atoms with E-state index < -0.39 is 10.0 Å². The van der Waals surface area contributed by atoms with Gasteiger partial charge in [-0.2, -0.15) is 0 Å². The van der Waals surface area contributed by atoms with Gasteiger partial charge in [-0.25, -0.2) is 13.1 Å². The van der Waals surface area contributed by atoms with Gasteiger partial charge >= 0.3 is 0 Å². The number of hydrogen-bond acceptors (Lipinski definition) is 4. The number of piperidine rings is 1. The van der Waals surface area contributed by atoms with Crippen molar-refractivity contribution >= 4 is 33.2 Å². The Bertz CT molecular complexity index is 1020. The number of likely N-dealkylation sites (tertiary alicyclic amines) is 1. The van der Waals surface area contributed by atoms with Crippen molar-refractivity contribution in [2.75, 3.05) is 25.0 Å². The average Bonchev–Trinajstić information content (AvgIpc) is 2.75. The van der Waals surface area contributed by atoms with Gasteiger partial charge < -0.3 is 5.32 Å². The number of carbonyl (C=O) groups excluding carboxylic acids is 1. The SMILES string of the molecule is Cc1ccc(S(=O)(=O)NCC2CCCN(C(C)C(=O)Nc3cccc(Cl)c3C)C2)cc1. The molecule has 0 radical (unpaired) electrons. The van der Waals surface area contributed by atoms with Gasteiger partial charge in [0.2, 0.25) is 15.9 Å². The lowest BCUT2D eigenvalue weighted by Crippen LogP contribution is -2.49. The van der Waals surface area contributed by atoms with Gasteiger partial charge in [-0.1, -0.05) is 35.4 Å². The second-order valence-electron chi connectivity index (χ2n) is 8.25. The smallest absolute Gasteiger partial charge is 0.241 e. The molecule has 168 valence electrons. The van der Waals surface area contributed by atoms with E-state index in [1.807, 2.05) is 32.9 Å². The van der Waals surface area contributed by atoms with Gasteiger partial charge in [-0.05, 0) is 75.9 Å². The summed E-state index contributed by atoms with van der Waals surface area (Å²) in [5.74, 6) is 0.0587. The molecular weight excluding hydrogens is 434 g/mol. The highest BCUT2D eigenvalue weighted by atomic mass is 35.5. The molecule has 1 aliphatic rings. The van der Waals surface area contributed by atoms with Gasteiger partial charge in [-0.15, -0.1) is 0 Å². The number of rotatable bonds is 7. The minimum Gasteiger partial charge on any atom is -0.324 e. The largest absolute Gasteiger partial charge is 0.324 e. The van der Waals surface area contributed by atoms with Gasteiger partial charge in [-0.3, -0.25) is 9.69 Å². The topological polar surface area (TPSA) is 78.5 Å². The molecule has 0 aromatic heterocycles. The van der Waals surface area contributed by atoms with Gasteiger partial charge in [0, 0.05) is 23.8 Å². The van der Waals surface area contributed by atoms with Crippen molar-refractivity contribution in [1.82, 2.24) is 9.62 Å². The third kappa shape index (κ3) is 6.07. The van der Waals surface area contributed by atoms with Crippen LogP contribution in [0.4, 0.5) is 5.69 Å². The summed E-state index contributed by atoms with van der Waals surface area (Å²) in [7, 11) is -3.54. The predicted molar refractivity (Wildman–Crippen MR) is 125 cm³/mol. The van der Waals surface area contributed by atoms with E-state index >= 15 is 0 Å². The Labute approximate surface area is 190 Å². The molecule has 2 atom stereocenters. The van der Waals surface area contributed by atoms with Crippen molar-refractivity contribution in [2.45, 2.75) is 44.6 Å². The first-order valence-electron chi connectivity index (χ1n) is 10.5. The monoisotopic (exact) mass is 463 g/mol. The summed E-state index contributed by atoms with van der Waals surface area (Å²) < 4.78 is 27.9. The Morgan fingerprint density at radius 1 is 1.19 bits per heavy atom. The molecule has 31 heavy (non-hydrogen) atoms. The van der Waals surface area contributed by atoms with E-state index in [1.54, 1.807) is 30.3 Å². The Morgan fingerprint density at radius 3 is 2.61 bits per heavy atom. The van der Waals surface area contributed by atoms with Gasteiger partial charge in [0.15, 0.2) is 0 Å². The fraction of sp³-hybridized carbons (Fsp3) is 0.435. The van der Waals surface area contributed by atoms with E-state index in [1.165, 1.54) is 0 Å². The zero-order valence-corrected chi connectivity index (χ0v) is 19.8. The molecule has 0 saturated carbocycles. The fourth-order valence-electron chi connectivity index (χ4n) is 3.79. The van der Waals surface area contributed by atoms with E-state index in [2.05, 4.69) is 14.9 Å². The Balaban J connectivity index is 1.57. The van der Waals surface area contributed by atoms with Crippen LogP contribution in [0.2, 0.25) is 5.02 Å². The first-order valence-corrected chi connectivity index (χ1v) is 12.4. The number of anilines is 1. The Kier molecular flexibility index (Phi) is 7.75. The van der Waals surface area contributed by atoms with Crippen LogP contribution in [0.25, 0.3) is 0 Å². The van der Waals surface area contributed by atoms with Crippen LogP contribution in [0.1, 0.15) is 30.9 Å². The quantitative estimate of drug-likeness (QED) is 0.651. The third-order valence-corrected chi connectivity index (χ3v) is 7.75. The highest BCUT2D eigenvalue weighted by Gasteiger charge is 2.28. The van der Waals surface area contributed by atoms with E-state index in [4.69, 9.17) is 11.6 Å². The number of nitrogens with one attached hydrogen (secondary N) is 2. The second kappa shape index (κ2) is 10.1. The molecule has 2 unspecified atom stereocenters. The molecule has 0 aliphatic carbocycles. The number of sulfonamides is 1. The van der Waals surface area contributed by atoms with Crippen molar-refractivity contribution in [3.8, 4) is 0 Å². The summed E-state index contributed by atoms with van der Waals surface area (Å²) in [5.41, 5.74) is 2.57. The van der Waals surface area contributed by atoms with E-state index in [0.29, 0.717) is 23.8 Å². The van der Waals surface area contributed by atoms with Gasteiger partial charge in [0.1, 0.15) is 0 Å². The zero-order valence-electron chi connectivity index (χ0n) is 18.2. The molecule has 1 fully saturated rings. The normalized spacial score (nSPS) is 18.5. The highest BCUT2D eigenvalue weighted by Crippen LogP contribution is 2.24. The van der Waals surface area contributed by atoms with Crippen molar-refractivity contribution in [2.24, 2.45) is 5.92 Å². The molecule has 8 heteroatoms. The molecule has 2 aromatic carbocycles. The number of hydrogen-bond donors (Lipinski definition) is 2. The summed E-state index contributed by atoms with van der Waals surface area (Å²) >= 11 is 6.15. The lowest BCUT2D eigenvalue weighted by molar-refractivity contribution is -0.121. The number of halogens is 1. The fourth-order valence-corrected chi connectivity index (χ4v) is 5.08. The van der Waals surface area contributed by atoms with Crippen LogP contribution < -0.4 is 10.0 Å². The second-order valence-corrected chi connectivity index (χ2v) is 10.4. The van der Waals surface area contributed by atoms with Crippen LogP contribution in [0, 0.1) is 19.8 Å². The van der Waals surface area contributed by atoms with E-state index in [9.17, 15) is 13.2 Å². The van der Waals surface area contributed by atoms with Crippen molar-refractivity contribution in [1.29, 1.82) is 0 Å². The minimum atomic E-state index is -3.54. The third-order valence-electron chi connectivity index (χ3n) is 5.90. The number of amides is 1. The van der Waals surface area contributed by atoms with Crippen molar-refractivity contribution in [3.63, 3.8) is 0 Å². The maximum atomic E-state index is 12.8. The molecular formula is C23H30ClN3O3S. The molecule has 1 aliphatic heterocycles. The van der Waals surface area contributed by atoms with Gasteiger partial charge in [0.25, 0.3) is 0 Å². The van der Waals surface area contributed by atoms with Crippen LogP contribution in [-0.2, 0) is 14.8 Å². The number of benzene rings is 2. The maximum absolute atomic E-state index is 12.8. The summed E-state index contributed by atoms with van der Waals surface area (Å²) in [6.07, 6.45) is 1.85. The Hall–Kier alpha value is -1.93. The lowest BCUT2D eigenvalue weighted by Gasteiger charge is -2.36. The molecule has 6 nitrogen and oxygen atoms in total. The van der Waals surface area contributed by atoms with E-state index in [-0.39, 0.29) is 22.8 Å². The first-order chi connectivity index (χ1) is 14.7. The molecule has 0 spiro atoms. The minimum absolute atomic E-state index is 0.0914. The Morgan fingerprint density at radius 2 is 1.90 bits per heavy atom. The summed E-state index contributed by atoms with van der Waals surface area (Å²) in [4.78, 5) is 15.2. The molecule has 0 bridgehead atoms. The highest BCUT2D eigenvalue weighted by molar-refractivity contribution is 7.89. The molecule has 1 amide bonds. The zero-order chi connectivity index (χ0) is 22.6. The maximum Gasteiger partial charge on any atom is 0.241 e. The molecule has 2 N–H and O–H groups in total. The van der Waals surface area contributed by atoms with Crippen LogP contribution in [0.3, 0.4) is 0 Å². The predicted octanol–water partition coefficient (Wildman–Crippen LogP) is 3.97. The summed E-state index contributed by atoms with van der Waals surface area (Å²) in [6.45, 7) is 7.51. The van der Waals surface area contributed by atoms with Crippen molar-refractivity contribution in [3.05, 3.63) is 58.6 Å². The van der Waals surface area contributed by atoms with Crippen LogP contribution >= 0.6 is 11.6 Å². The van der Waals surface area contributed by atoms with Gasteiger partial charge in [0.05, 0.1) is 10.9 Å². The van der Waals surface area contributed by atoms with E-state index in [0.717, 1.165) is 30.5 Å². The summed E-state index contributed by atoms with van der Waals surface area (Å²) in [6, 6.07) is 11.9. The summed E-state index contributed by atoms with van der Waals surface area (Å²) in [5, 5.41) is 3.58. The average molecular weight is 464 g/mol. The van der Waals surface area contributed by atoms with Crippen LogP contribution in [0.5, 0.6) is 0 Å². The number of carbonyl (C=O) groups is 1. The first kappa shape index (κ1) is 23.7. The number of aryl methyl sites for hydroxylation is 1. The van der Waals surface area contributed by atoms with Crippen LogP contribution in [-0.4, -0.2) is 44.9 Å². The van der Waals surface area contributed by atoms with Crippen LogP contribution in [0.15, 0.2) is 47.4 Å². The molecule has 3 rings (SSSR count). The van der Waals surface area contributed by atoms with Crippen molar-refractivity contribution < 1.29 is 13.2 Å². The molecule has 1 saturated heterocycles. The standard InChI is InChI=1S/C23H30ClN3O3S/c1-16-9-11-20(12-10-16)31(29,30)25-14-19-6-5-13-27(15-19)18(3)23(28)26-22-8-4-7-21(24)17(22)2/h4,7-12,18-19,25H,5-6,13-15H2,1-3H3,(H,26,28).